The number of rotatable bonds is 6. The van der Waals surface area contributed by atoms with Crippen LogP contribution in [0.5, 0.6) is 0 Å². The van der Waals surface area contributed by atoms with Crippen LogP contribution in [0.25, 0.3) is 0 Å². The zero-order chi connectivity index (χ0) is 20.0. The van der Waals surface area contributed by atoms with Gasteiger partial charge in [-0.15, -0.1) is 0 Å². The van der Waals surface area contributed by atoms with E-state index in [1.165, 1.54) is 12.1 Å². The second kappa shape index (κ2) is 9.69. The van der Waals surface area contributed by atoms with Crippen molar-refractivity contribution < 1.29 is 14.0 Å². The fourth-order valence-corrected chi connectivity index (χ4v) is 3.11. The van der Waals surface area contributed by atoms with Crippen LogP contribution < -0.4 is 16.0 Å². The van der Waals surface area contributed by atoms with Crippen molar-refractivity contribution in [1.82, 2.24) is 16.0 Å². The molecule has 0 saturated carbocycles. The van der Waals surface area contributed by atoms with Crippen molar-refractivity contribution in [1.29, 1.82) is 0 Å². The van der Waals surface area contributed by atoms with Crippen LogP contribution in [0.15, 0.2) is 42.5 Å². The van der Waals surface area contributed by atoms with Crippen LogP contribution in [0.3, 0.4) is 0 Å². The van der Waals surface area contributed by atoms with Gasteiger partial charge < -0.3 is 5.32 Å². The molecule has 144 valence electrons. The highest BCUT2D eigenvalue weighted by Crippen LogP contribution is 2.30. The second-order valence-electron chi connectivity index (χ2n) is 5.87. The Balaban J connectivity index is 2.27. The summed E-state index contributed by atoms with van der Waals surface area (Å²) in [5.74, 6) is -1.14. The van der Waals surface area contributed by atoms with Gasteiger partial charge >= 0.3 is 6.03 Å². The van der Waals surface area contributed by atoms with Crippen LogP contribution >= 0.6 is 23.2 Å². The Morgan fingerprint density at radius 3 is 2.41 bits per heavy atom. The van der Waals surface area contributed by atoms with Crippen LogP contribution in [0.2, 0.25) is 10.0 Å². The van der Waals surface area contributed by atoms with Crippen molar-refractivity contribution in [3.05, 3.63) is 69.5 Å². The molecule has 0 aliphatic heterocycles. The van der Waals surface area contributed by atoms with E-state index >= 15 is 0 Å². The highest BCUT2D eigenvalue weighted by molar-refractivity contribution is 6.35. The highest BCUT2D eigenvalue weighted by Gasteiger charge is 2.25. The predicted molar refractivity (Wildman–Crippen MR) is 104 cm³/mol. The Morgan fingerprint density at radius 2 is 1.78 bits per heavy atom. The Morgan fingerprint density at radius 1 is 1.11 bits per heavy atom. The van der Waals surface area contributed by atoms with Crippen molar-refractivity contribution >= 4 is 35.1 Å². The Labute approximate surface area is 167 Å². The number of urea groups is 1. The first kappa shape index (κ1) is 21.2. The number of carbonyl (C=O) groups excluding carboxylic acids is 2. The predicted octanol–water partition coefficient (Wildman–Crippen LogP) is 4.37. The lowest BCUT2D eigenvalue weighted by atomic mass is 10.0. The molecule has 8 heteroatoms. The summed E-state index contributed by atoms with van der Waals surface area (Å²) >= 11 is 11.9. The van der Waals surface area contributed by atoms with E-state index in [0.29, 0.717) is 17.7 Å². The van der Waals surface area contributed by atoms with Gasteiger partial charge in [-0.3, -0.25) is 15.4 Å². The number of benzene rings is 2. The minimum Gasteiger partial charge on any atom is -0.338 e. The molecule has 2 atom stereocenters. The van der Waals surface area contributed by atoms with Crippen molar-refractivity contribution in [2.45, 2.75) is 25.9 Å². The van der Waals surface area contributed by atoms with Crippen LogP contribution in [0, 0.1) is 5.82 Å². The molecule has 2 aromatic carbocycles. The summed E-state index contributed by atoms with van der Waals surface area (Å²) in [6, 6.07) is 9.51. The molecular weight excluding hydrogens is 392 g/mol. The van der Waals surface area contributed by atoms with Gasteiger partial charge in [-0.2, -0.15) is 0 Å². The molecule has 0 aliphatic carbocycles. The maximum atomic E-state index is 13.8. The number of nitrogens with one attached hydrogen (secondary N) is 3. The zero-order valence-corrected chi connectivity index (χ0v) is 16.4. The van der Waals surface area contributed by atoms with Gasteiger partial charge in [0.1, 0.15) is 11.9 Å². The minimum absolute atomic E-state index is 0.0791. The van der Waals surface area contributed by atoms with E-state index in [9.17, 15) is 14.0 Å². The lowest BCUT2D eigenvalue weighted by Crippen LogP contribution is -2.45. The van der Waals surface area contributed by atoms with E-state index in [1.54, 1.807) is 38.1 Å². The van der Waals surface area contributed by atoms with Crippen molar-refractivity contribution in [3.63, 3.8) is 0 Å². The van der Waals surface area contributed by atoms with Gasteiger partial charge in [0.05, 0.1) is 5.02 Å². The van der Waals surface area contributed by atoms with E-state index in [0.717, 1.165) is 0 Å². The van der Waals surface area contributed by atoms with Crippen LogP contribution in [-0.4, -0.2) is 18.5 Å². The molecule has 2 aromatic rings. The SMILES string of the molecule is CCNC(=O)NC(=O)[C@H](N[C@@H](C)c1cc(F)c(Cl)cc1Cl)c1ccccc1. The van der Waals surface area contributed by atoms with Crippen LogP contribution in [0.1, 0.15) is 37.1 Å². The summed E-state index contributed by atoms with van der Waals surface area (Å²) in [6.07, 6.45) is 0. The summed E-state index contributed by atoms with van der Waals surface area (Å²) < 4.78 is 13.8. The number of carbonyl (C=O) groups is 2. The molecular formula is C19H20Cl2FN3O2. The first-order chi connectivity index (χ1) is 12.8. The Hall–Kier alpha value is -2.15. The maximum absolute atomic E-state index is 13.8. The molecule has 0 bridgehead atoms. The van der Waals surface area contributed by atoms with Gasteiger partial charge in [-0.1, -0.05) is 53.5 Å². The summed E-state index contributed by atoms with van der Waals surface area (Å²) in [6.45, 7) is 3.87. The Kier molecular flexibility index (Phi) is 7.59. The third-order valence-corrected chi connectivity index (χ3v) is 4.51. The van der Waals surface area contributed by atoms with Gasteiger partial charge in [-0.25, -0.2) is 9.18 Å². The normalized spacial score (nSPS) is 12.9. The number of hydrogen-bond acceptors (Lipinski definition) is 3. The van der Waals surface area contributed by atoms with E-state index in [-0.39, 0.29) is 10.0 Å². The van der Waals surface area contributed by atoms with Crippen molar-refractivity contribution in [3.8, 4) is 0 Å². The van der Waals surface area contributed by atoms with E-state index in [4.69, 9.17) is 23.2 Å². The quantitative estimate of drug-likeness (QED) is 0.618. The van der Waals surface area contributed by atoms with Gasteiger partial charge in [0.2, 0.25) is 5.91 Å². The van der Waals surface area contributed by atoms with E-state index < -0.39 is 29.8 Å². The zero-order valence-electron chi connectivity index (χ0n) is 14.9. The number of amides is 3. The monoisotopic (exact) mass is 411 g/mol. The highest BCUT2D eigenvalue weighted by atomic mass is 35.5. The molecule has 0 aromatic heterocycles. The molecule has 0 fully saturated rings. The van der Waals surface area contributed by atoms with E-state index in [2.05, 4.69) is 16.0 Å². The topological polar surface area (TPSA) is 70.2 Å². The minimum atomic E-state index is -0.849. The average molecular weight is 412 g/mol. The molecule has 2 rings (SSSR count). The summed E-state index contributed by atoms with van der Waals surface area (Å²) in [4.78, 5) is 24.4. The molecule has 0 spiro atoms. The first-order valence-corrected chi connectivity index (χ1v) is 9.13. The first-order valence-electron chi connectivity index (χ1n) is 8.37. The molecule has 0 heterocycles. The molecule has 0 saturated heterocycles. The molecule has 0 aliphatic rings. The third-order valence-electron chi connectivity index (χ3n) is 3.89. The maximum Gasteiger partial charge on any atom is 0.321 e. The number of hydrogen-bond donors (Lipinski definition) is 3. The largest absolute Gasteiger partial charge is 0.338 e. The molecule has 0 unspecified atom stereocenters. The summed E-state index contributed by atoms with van der Waals surface area (Å²) in [5.41, 5.74) is 1.10. The van der Waals surface area contributed by atoms with Crippen LogP contribution in [0.4, 0.5) is 9.18 Å². The van der Waals surface area contributed by atoms with Gasteiger partial charge in [0, 0.05) is 17.6 Å². The molecule has 5 nitrogen and oxygen atoms in total. The molecule has 3 amide bonds. The van der Waals surface area contributed by atoms with Crippen molar-refractivity contribution in [2.75, 3.05) is 6.54 Å². The summed E-state index contributed by atoms with van der Waals surface area (Å²) in [7, 11) is 0. The van der Waals surface area contributed by atoms with Gasteiger partial charge in [0.15, 0.2) is 0 Å². The molecule has 3 N–H and O–H groups in total. The van der Waals surface area contributed by atoms with Crippen molar-refractivity contribution in [2.24, 2.45) is 0 Å². The second-order valence-corrected chi connectivity index (χ2v) is 6.68. The third kappa shape index (κ3) is 5.66. The summed E-state index contributed by atoms with van der Waals surface area (Å²) in [5, 5.41) is 8.09. The fourth-order valence-electron chi connectivity index (χ4n) is 2.57. The standard InChI is InChI=1S/C19H20Cl2FN3O2/c1-3-23-19(27)25-18(26)17(12-7-5-4-6-8-12)24-11(2)13-9-16(22)15(21)10-14(13)20/h4-11,17,24H,3H2,1-2H3,(H2,23,25,26,27)/t11-,17+/m0/s1. The van der Waals surface area contributed by atoms with Gasteiger partial charge in [-0.05, 0) is 37.1 Å². The Bertz CT molecular complexity index is 818. The molecule has 27 heavy (non-hydrogen) atoms. The average Bonchev–Trinajstić information content (AvgIpc) is 2.63. The number of halogens is 3. The fraction of sp³-hybridized carbons (Fsp3) is 0.263. The molecule has 0 radical (unpaired) electrons. The lowest BCUT2D eigenvalue weighted by molar-refractivity contribution is -0.122. The van der Waals surface area contributed by atoms with Crippen LogP contribution in [-0.2, 0) is 4.79 Å². The lowest BCUT2D eigenvalue weighted by Gasteiger charge is -2.24. The number of imide groups is 1. The smallest absolute Gasteiger partial charge is 0.321 e. The van der Waals surface area contributed by atoms with E-state index in [1.807, 2.05) is 6.07 Å². The van der Waals surface area contributed by atoms with Gasteiger partial charge in [0.25, 0.3) is 0 Å².